The van der Waals surface area contributed by atoms with Crippen LogP contribution in [-0.4, -0.2) is 24.7 Å². The minimum Gasteiger partial charge on any atom is -0.480 e. The van der Waals surface area contributed by atoms with E-state index in [0.717, 1.165) is 0 Å². The Hall–Kier alpha value is -0.880. The molecule has 6 heteroatoms. The number of halogens is 1. The summed E-state index contributed by atoms with van der Waals surface area (Å²) in [4.78, 5) is 10.6. The van der Waals surface area contributed by atoms with Crippen LogP contribution in [0.5, 0.6) is 0 Å². The first kappa shape index (κ1) is 13.2. The average molecular weight is 307 g/mol. The molecule has 0 amide bonds. The van der Waals surface area contributed by atoms with Crippen molar-refractivity contribution in [2.24, 2.45) is 0 Å². The van der Waals surface area contributed by atoms with E-state index in [4.69, 9.17) is 5.11 Å². The molecule has 0 aliphatic heterocycles. The lowest BCUT2D eigenvalue weighted by Gasteiger charge is -2.09. The van der Waals surface area contributed by atoms with Gasteiger partial charge < -0.3 is 5.11 Å². The van der Waals surface area contributed by atoms with E-state index in [1.165, 1.54) is 6.92 Å². The van der Waals surface area contributed by atoms with Crippen molar-refractivity contribution in [3.8, 4) is 0 Å². The minimum atomic E-state index is -3.66. The summed E-state index contributed by atoms with van der Waals surface area (Å²) in [6, 6.07) is 6.84. The van der Waals surface area contributed by atoms with E-state index in [-0.39, 0.29) is 5.75 Å². The van der Waals surface area contributed by atoms with Crippen molar-refractivity contribution in [3.63, 3.8) is 0 Å². The Kier molecular flexibility index (Phi) is 4.09. The van der Waals surface area contributed by atoms with E-state index in [1.807, 2.05) is 0 Å². The number of aliphatic carboxylic acids is 1. The van der Waals surface area contributed by atoms with E-state index in [1.54, 1.807) is 24.3 Å². The quantitative estimate of drug-likeness (QED) is 0.921. The zero-order chi connectivity index (χ0) is 12.3. The maximum absolute atomic E-state index is 11.7. The monoisotopic (exact) mass is 306 g/mol. The van der Waals surface area contributed by atoms with Crippen molar-refractivity contribution in [1.29, 1.82) is 0 Å². The SMILES string of the molecule is CC(C(=O)O)S(=O)(=O)Cc1ccccc1Br. The predicted octanol–water partition coefficient (Wildman–Crippen LogP) is 1.84. The van der Waals surface area contributed by atoms with Gasteiger partial charge in [0, 0.05) is 4.47 Å². The maximum Gasteiger partial charge on any atom is 0.321 e. The van der Waals surface area contributed by atoms with E-state index < -0.39 is 21.1 Å². The Bertz CT molecular complexity index is 495. The Morgan fingerprint density at radius 1 is 1.44 bits per heavy atom. The van der Waals surface area contributed by atoms with Crippen LogP contribution in [0.3, 0.4) is 0 Å². The molecule has 0 bridgehead atoms. The first-order valence-electron chi connectivity index (χ1n) is 4.52. The Morgan fingerprint density at radius 2 is 2.00 bits per heavy atom. The number of sulfone groups is 1. The third kappa shape index (κ3) is 3.05. The molecule has 16 heavy (non-hydrogen) atoms. The first-order valence-corrected chi connectivity index (χ1v) is 7.03. The normalized spacial score (nSPS) is 13.4. The number of rotatable bonds is 4. The fourth-order valence-electron chi connectivity index (χ4n) is 1.11. The van der Waals surface area contributed by atoms with Gasteiger partial charge >= 0.3 is 5.97 Å². The molecule has 0 aliphatic carbocycles. The van der Waals surface area contributed by atoms with E-state index in [2.05, 4.69) is 15.9 Å². The number of benzene rings is 1. The number of carboxylic acids is 1. The van der Waals surface area contributed by atoms with E-state index in [9.17, 15) is 13.2 Å². The fraction of sp³-hybridized carbons (Fsp3) is 0.300. The van der Waals surface area contributed by atoms with Crippen molar-refractivity contribution in [3.05, 3.63) is 34.3 Å². The second-order valence-electron chi connectivity index (χ2n) is 3.38. The maximum atomic E-state index is 11.7. The van der Waals surface area contributed by atoms with Crippen LogP contribution in [0.25, 0.3) is 0 Å². The van der Waals surface area contributed by atoms with Crippen LogP contribution in [-0.2, 0) is 20.4 Å². The summed E-state index contributed by atoms with van der Waals surface area (Å²) in [5, 5.41) is 7.28. The molecule has 1 aromatic rings. The topological polar surface area (TPSA) is 71.4 Å². The van der Waals surface area contributed by atoms with Crippen molar-refractivity contribution in [2.75, 3.05) is 0 Å². The highest BCUT2D eigenvalue weighted by molar-refractivity contribution is 9.10. The van der Waals surface area contributed by atoms with Gasteiger partial charge in [0.05, 0.1) is 5.75 Å². The van der Waals surface area contributed by atoms with Crippen LogP contribution in [0.1, 0.15) is 12.5 Å². The van der Waals surface area contributed by atoms with E-state index in [0.29, 0.717) is 10.0 Å². The highest BCUT2D eigenvalue weighted by Gasteiger charge is 2.28. The van der Waals surface area contributed by atoms with Crippen LogP contribution >= 0.6 is 15.9 Å². The lowest BCUT2D eigenvalue weighted by molar-refractivity contribution is -0.136. The summed E-state index contributed by atoms with van der Waals surface area (Å²) in [5.74, 6) is -1.60. The van der Waals surface area contributed by atoms with Crippen LogP contribution in [0.15, 0.2) is 28.7 Å². The van der Waals surface area contributed by atoms with Gasteiger partial charge in [0.1, 0.15) is 0 Å². The zero-order valence-corrected chi connectivity index (χ0v) is 11.0. The molecule has 0 fully saturated rings. The van der Waals surface area contributed by atoms with Gasteiger partial charge in [0.15, 0.2) is 15.1 Å². The molecule has 1 N–H and O–H groups in total. The summed E-state index contributed by atoms with van der Waals surface area (Å²) >= 11 is 3.22. The zero-order valence-electron chi connectivity index (χ0n) is 8.55. The summed E-state index contributed by atoms with van der Waals surface area (Å²) < 4.78 is 24.0. The molecule has 0 aromatic heterocycles. The van der Waals surface area contributed by atoms with Gasteiger partial charge in [-0.1, -0.05) is 34.1 Å². The third-order valence-electron chi connectivity index (χ3n) is 2.20. The molecule has 1 unspecified atom stereocenters. The smallest absolute Gasteiger partial charge is 0.321 e. The van der Waals surface area contributed by atoms with Gasteiger partial charge in [-0.2, -0.15) is 0 Å². The van der Waals surface area contributed by atoms with Gasteiger partial charge in [-0.05, 0) is 18.6 Å². The molecule has 1 rings (SSSR count). The predicted molar refractivity (Wildman–Crippen MR) is 63.9 cm³/mol. The van der Waals surface area contributed by atoms with Gasteiger partial charge in [-0.15, -0.1) is 0 Å². The molecule has 0 heterocycles. The molecule has 1 atom stereocenters. The van der Waals surface area contributed by atoms with Gasteiger partial charge in [-0.3, -0.25) is 4.79 Å². The number of carboxylic acid groups (broad SMARTS) is 1. The van der Waals surface area contributed by atoms with Crippen molar-refractivity contribution < 1.29 is 18.3 Å². The summed E-state index contributed by atoms with van der Waals surface area (Å²) in [7, 11) is -3.66. The molecule has 4 nitrogen and oxygen atoms in total. The molecule has 1 aromatic carbocycles. The van der Waals surface area contributed by atoms with Gasteiger partial charge in [-0.25, -0.2) is 8.42 Å². The Morgan fingerprint density at radius 3 is 2.50 bits per heavy atom. The van der Waals surface area contributed by atoms with Crippen LogP contribution in [0.4, 0.5) is 0 Å². The minimum absolute atomic E-state index is 0.276. The molecule has 0 saturated carbocycles. The lowest BCUT2D eigenvalue weighted by atomic mass is 10.2. The number of carbonyl (C=O) groups is 1. The molecule has 0 aliphatic rings. The number of hydrogen-bond donors (Lipinski definition) is 1. The van der Waals surface area contributed by atoms with E-state index >= 15 is 0 Å². The van der Waals surface area contributed by atoms with Crippen LogP contribution in [0, 0.1) is 0 Å². The highest BCUT2D eigenvalue weighted by Crippen LogP contribution is 2.20. The van der Waals surface area contributed by atoms with Crippen molar-refractivity contribution >= 4 is 31.7 Å². The summed E-state index contributed by atoms with van der Waals surface area (Å²) in [5.41, 5.74) is 0.565. The van der Waals surface area contributed by atoms with Crippen LogP contribution in [0.2, 0.25) is 0 Å². The van der Waals surface area contributed by atoms with Gasteiger partial charge in [0.2, 0.25) is 0 Å². The summed E-state index contributed by atoms with van der Waals surface area (Å²) in [6.07, 6.45) is 0. The number of hydrogen-bond acceptors (Lipinski definition) is 3. The largest absolute Gasteiger partial charge is 0.480 e. The van der Waals surface area contributed by atoms with Gasteiger partial charge in [0.25, 0.3) is 0 Å². The highest BCUT2D eigenvalue weighted by atomic mass is 79.9. The molecule has 0 radical (unpaired) electrons. The standard InChI is InChI=1S/C10H11BrO4S/c1-7(10(12)13)16(14,15)6-8-4-2-3-5-9(8)11/h2-5,7H,6H2,1H3,(H,12,13). The molecular formula is C10H11BrO4S. The second-order valence-corrected chi connectivity index (χ2v) is 6.55. The fourth-order valence-corrected chi connectivity index (χ4v) is 2.96. The molecule has 0 saturated heterocycles. The molecule has 0 spiro atoms. The second kappa shape index (κ2) is 4.97. The summed E-state index contributed by atoms with van der Waals surface area (Å²) in [6.45, 7) is 1.18. The van der Waals surface area contributed by atoms with Crippen LogP contribution < -0.4 is 0 Å². The van der Waals surface area contributed by atoms with Crippen molar-refractivity contribution in [1.82, 2.24) is 0 Å². The molecule has 88 valence electrons. The average Bonchev–Trinajstić information content (AvgIpc) is 2.20. The lowest BCUT2D eigenvalue weighted by Crippen LogP contribution is -2.28. The third-order valence-corrected chi connectivity index (χ3v) is 4.97. The first-order chi connectivity index (χ1) is 7.34. The Balaban J connectivity index is 2.98. The van der Waals surface area contributed by atoms with Crippen molar-refractivity contribution in [2.45, 2.75) is 17.9 Å². The molecular weight excluding hydrogens is 296 g/mol. The Labute approximate surface area is 102 Å².